The maximum Gasteiger partial charge on any atom is 0.220 e. The first-order valence-electron chi connectivity index (χ1n) is 9.18. The predicted molar refractivity (Wildman–Crippen MR) is 83.8 cm³/mol. The summed E-state index contributed by atoms with van der Waals surface area (Å²) in [5.41, 5.74) is 0.396. The lowest BCUT2D eigenvalue weighted by atomic mass is 9.49. The number of hydrogen-bond acceptors (Lipinski definition) is 2. The van der Waals surface area contributed by atoms with Gasteiger partial charge in [-0.3, -0.25) is 4.79 Å². The van der Waals surface area contributed by atoms with Crippen LogP contribution in [0.25, 0.3) is 0 Å². The molecule has 4 aliphatic carbocycles. The van der Waals surface area contributed by atoms with Crippen molar-refractivity contribution in [3.8, 4) is 0 Å². The maximum absolute atomic E-state index is 12.4. The molecule has 0 atom stereocenters. The Kier molecular flexibility index (Phi) is 3.72. The molecule has 3 nitrogen and oxygen atoms in total. The van der Waals surface area contributed by atoms with Crippen molar-refractivity contribution in [1.29, 1.82) is 0 Å². The third-order valence-electron chi connectivity index (χ3n) is 6.75. The molecule has 4 saturated carbocycles. The van der Waals surface area contributed by atoms with E-state index in [1.54, 1.807) is 0 Å². The van der Waals surface area contributed by atoms with E-state index in [1.807, 2.05) is 0 Å². The summed E-state index contributed by atoms with van der Waals surface area (Å²) in [6, 6.07) is 0. The summed E-state index contributed by atoms with van der Waals surface area (Å²) in [5, 5.41) is 6.65. The zero-order valence-electron chi connectivity index (χ0n) is 13.2. The van der Waals surface area contributed by atoms with Crippen molar-refractivity contribution in [2.24, 2.45) is 29.1 Å². The molecule has 5 rings (SSSR count). The highest BCUT2D eigenvalue weighted by Crippen LogP contribution is 2.61. The van der Waals surface area contributed by atoms with Crippen LogP contribution in [-0.4, -0.2) is 25.5 Å². The van der Waals surface area contributed by atoms with Gasteiger partial charge in [-0.1, -0.05) is 0 Å². The second-order valence-electron chi connectivity index (χ2n) is 8.59. The molecule has 1 amide bonds. The van der Waals surface area contributed by atoms with Gasteiger partial charge in [0, 0.05) is 13.0 Å². The van der Waals surface area contributed by atoms with Gasteiger partial charge in [-0.25, -0.2) is 0 Å². The topological polar surface area (TPSA) is 41.1 Å². The van der Waals surface area contributed by atoms with Crippen LogP contribution in [-0.2, 0) is 4.79 Å². The molecule has 0 unspecified atom stereocenters. The van der Waals surface area contributed by atoms with E-state index >= 15 is 0 Å². The molecule has 118 valence electrons. The average molecular weight is 290 g/mol. The van der Waals surface area contributed by atoms with Crippen LogP contribution in [0.3, 0.4) is 0 Å². The Morgan fingerprint density at radius 3 is 2.14 bits per heavy atom. The van der Waals surface area contributed by atoms with Crippen LogP contribution < -0.4 is 10.6 Å². The maximum atomic E-state index is 12.4. The Balaban J connectivity index is 1.30. The van der Waals surface area contributed by atoms with Gasteiger partial charge in [0.15, 0.2) is 0 Å². The first-order chi connectivity index (χ1) is 10.2. The molecule has 0 aromatic carbocycles. The first kappa shape index (κ1) is 14.0. The van der Waals surface area contributed by atoms with Gasteiger partial charge in [-0.05, 0) is 93.5 Å². The summed E-state index contributed by atoms with van der Waals surface area (Å²) in [5.74, 6) is 3.90. The van der Waals surface area contributed by atoms with E-state index in [0.717, 1.165) is 43.8 Å². The van der Waals surface area contributed by atoms with Crippen molar-refractivity contribution in [2.45, 2.75) is 57.8 Å². The molecule has 0 aromatic heterocycles. The molecule has 5 aliphatic rings. The van der Waals surface area contributed by atoms with Gasteiger partial charge in [-0.2, -0.15) is 0 Å². The van der Waals surface area contributed by atoms with Crippen molar-refractivity contribution < 1.29 is 4.79 Å². The number of nitrogens with one attached hydrogen (secondary N) is 2. The van der Waals surface area contributed by atoms with E-state index in [0.29, 0.717) is 17.2 Å². The van der Waals surface area contributed by atoms with Gasteiger partial charge in [0.05, 0.1) is 0 Å². The molecule has 0 spiro atoms. The van der Waals surface area contributed by atoms with Crippen LogP contribution in [0.2, 0.25) is 0 Å². The number of carbonyl (C=O) groups is 1. The SMILES string of the molecule is O=C(CC12CC3CC(CC(C3)C1)C2)NCC1CCNCC1. The number of hydrogen-bond donors (Lipinski definition) is 2. The Hall–Kier alpha value is -0.570. The average Bonchev–Trinajstić information content (AvgIpc) is 2.44. The van der Waals surface area contributed by atoms with Crippen molar-refractivity contribution in [1.82, 2.24) is 10.6 Å². The standard InChI is InChI=1S/C18H30N2O/c21-17(20-12-13-1-3-19-4-2-13)11-18-8-14-5-15(9-18)7-16(6-14)10-18/h13-16,19H,1-12H2,(H,20,21). The van der Waals surface area contributed by atoms with Crippen LogP contribution in [0.4, 0.5) is 0 Å². The van der Waals surface area contributed by atoms with Crippen LogP contribution in [0.1, 0.15) is 57.8 Å². The molecule has 1 saturated heterocycles. The molecular formula is C18H30N2O. The lowest BCUT2D eigenvalue weighted by Gasteiger charge is -2.56. The monoisotopic (exact) mass is 290 g/mol. The minimum Gasteiger partial charge on any atom is -0.356 e. The summed E-state index contributed by atoms with van der Waals surface area (Å²) in [6.45, 7) is 3.15. The third kappa shape index (κ3) is 2.99. The van der Waals surface area contributed by atoms with E-state index in [2.05, 4.69) is 10.6 Å². The van der Waals surface area contributed by atoms with Gasteiger partial charge in [0.25, 0.3) is 0 Å². The van der Waals surface area contributed by atoms with Gasteiger partial charge in [-0.15, -0.1) is 0 Å². The fraction of sp³-hybridized carbons (Fsp3) is 0.944. The quantitative estimate of drug-likeness (QED) is 0.836. The minimum atomic E-state index is 0.343. The normalized spacial score (nSPS) is 42.2. The fourth-order valence-corrected chi connectivity index (χ4v) is 6.25. The first-order valence-corrected chi connectivity index (χ1v) is 9.18. The fourth-order valence-electron chi connectivity index (χ4n) is 6.25. The zero-order chi connectivity index (χ0) is 14.3. The number of piperidine rings is 1. The van der Waals surface area contributed by atoms with Gasteiger partial charge >= 0.3 is 0 Å². The van der Waals surface area contributed by atoms with Crippen molar-refractivity contribution in [3.05, 3.63) is 0 Å². The molecule has 2 N–H and O–H groups in total. The Labute approximate surface area is 128 Å². The van der Waals surface area contributed by atoms with E-state index in [9.17, 15) is 4.79 Å². The molecule has 1 aliphatic heterocycles. The Morgan fingerprint density at radius 1 is 1.00 bits per heavy atom. The van der Waals surface area contributed by atoms with Gasteiger partial charge in [0.1, 0.15) is 0 Å². The number of amides is 1. The highest BCUT2D eigenvalue weighted by atomic mass is 16.1. The second kappa shape index (κ2) is 5.57. The van der Waals surface area contributed by atoms with Crippen LogP contribution in [0.5, 0.6) is 0 Å². The summed E-state index contributed by atoms with van der Waals surface area (Å²) < 4.78 is 0. The predicted octanol–water partition coefficient (Wildman–Crippen LogP) is 2.71. The third-order valence-corrected chi connectivity index (χ3v) is 6.75. The molecular weight excluding hydrogens is 260 g/mol. The van der Waals surface area contributed by atoms with Crippen LogP contribution in [0, 0.1) is 29.1 Å². The van der Waals surface area contributed by atoms with E-state index in [4.69, 9.17) is 0 Å². The lowest BCUT2D eigenvalue weighted by Crippen LogP contribution is -2.48. The second-order valence-corrected chi connectivity index (χ2v) is 8.59. The molecule has 0 radical (unpaired) electrons. The van der Waals surface area contributed by atoms with Crippen molar-refractivity contribution >= 4 is 5.91 Å². The summed E-state index contributed by atoms with van der Waals surface area (Å²) >= 11 is 0. The Bertz CT molecular complexity index is 365. The largest absolute Gasteiger partial charge is 0.356 e. The highest BCUT2D eigenvalue weighted by molar-refractivity contribution is 5.76. The molecule has 21 heavy (non-hydrogen) atoms. The lowest BCUT2D eigenvalue weighted by molar-refractivity contribution is -0.129. The molecule has 3 heteroatoms. The van der Waals surface area contributed by atoms with Gasteiger partial charge in [0.2, 0.25) is 5.91 Å². The molecule has 5 fully saturated rings. The van der Waals surface area contributed by atoms with E-state index in [1.165, 1.54) is 51.4 Å². The van der Waals surface area contributed by atoms with Crippen LogP contribution >= 0.6 is 0 Å². The summed E-state index contributed by atoms with van der Waals surface area (Å²) in [6.07, 6.45) is 11.7. The molecule has 1 heterocycles. The van der Waals surface area contributed by atoms with Crippen molar-refractivity contribution in [2.75, 3.05) is 19.6 Å². The van der Waals surface area contributed by atoms with Gasteiger partial charge < -0.3 is 10.6 Å². The smallest absolute Gasteiger partial charge is 0.220 e. The molecule has 4 bridgehead atoms. The Morgan fingerprint density at radius 2 is 1.57 bits per heavy atom. The van der Waals surface area contributed by atoms with E-state index in [-0.39, 0.29) is 0 Å². The van der Waals surface area contributed by atoms with Crippen LogP contribution in [0.15, 0.2) is 0 Å². The van der Waals surface area contributed by atoms with E-state index < -0.39 is 0 Å². The minimum absolute atomic E-state index is 0.343. The number of carbonyl (C=O) groups excluding carboxylic acids is 1. The van der Waals surface area contributed by atoms with Crippen molar-refractivity contribution in [3.63, 3.8) is 0 Å². The number of rotatable bonds is 4. The molecule has 0 aromatic rings. The highest BCUT2D eigenvalue weighted by Gasteiger charge is 2.51. The zero-order valence-corrected chi connectivity index (χ0v) is 13.2. The summed E-state index contributed by atoms with van der Waals surface area (Å²) in [7, 11) is 0. The summed E-state index contributed by atoms with van der Waals surface area (Å²) in [4.78, 5) is 12.4.